The van der Waals surface area contributed by atoms with Crippen molar-refractivity contribution in [2.45, 2.75) is 19.8 Å². The van der Waals surface area contributed by atoms with Crippen molar-refractivity contribution in [3.05, 3.63) is 45.1 Å². The van der Waals surface area contributed by atoms with Crippen LogP contribution in [0.1, 0.15) is 25.3 Å². The van der Waals surface area contributed by atoms with Crippen molar-refractivity contribution in [3.8, 4) is 12.3 Å². The number of methoxy groups -OCH3 is 1. The van der Waals surface area contributed by atoms with Gasteiger partial charge in [0.25, 0.3) is 0 Å². The molecule has 29 heavy (non-hydrogen) atoms. The van der Waals surface area contributed by atoms with Gasteiger partial charge < -0.3 is 14.2 Å². The SMILES string of the molecule is C#CCOC(=O)C1=C(C)N=C(C)C(C(=O)OCCOC)C1c1cccc(Cl)c1Cl. The minimum atomic E-state index is -0.889. The number of hydrogen-bond donors (Lipinski definition) is 0. The summed E-state index contributed by atoms with van der Waals surface area (Å²) in [6, 6.07) is 5.02. The van der Waals surface area contributed by atoms with E-state index in [4.69, 9.17) is 43.8 Å². The van der Waals surface area contributed by atoms with Gasteiger partial charge in [-0.05, 0) is 25.5 Å². The lowest BCUT2D eigenvalue weighted by atomic mass is 9.75. The fourth-order valence-corrected chi connectivity index (χ4v) is 3.63. The van der Waals surface area contributed by atoms with E-state index in [9.17, 15) is 9.59 Å². The average molecular weight is 438 g/mol. The minimum absolute atomic E-state index is 0.0642. The number of carbonyl (C=O) groups excluding carboxylic acids is 2. The van der Waals surface area contributed by atoms with Crippen LogP contribution in [0.15, 0.2) is 34.5 Å². The lowest BCUT2D eigenvalue weighted by Gasteiger charge is -2.32. The van der Waals surface area contributed by atoms with Gasteiger partial charge in [0.2, 0.25) is 0 Å². The zero-order chi connectivity index (χ0) is 21.6. The summed E-state index contributed by atoms with van der Waals surface area (Å²) >= 11 is 12.6. The van der Waals surface area contributed by atoms with Crippen molar-refractivity contribution in [2.24, 2.45) is 10.9 Å². The van der Waals surface area contributed by atoms with Crippen molar-refractivity contribution in [1.29, 1.82) is 0 Å². The Kier molecular flexibility index (Phi) is 8.27. The molecule has 0 N–H and O–H groups in total. The second-order valence-corrected chi connectivity index (χ2v) is 7.08. The second kappa shape index (κ2) is 10.4. The molecule has 0 radical (unpaired) electrons. The number of halogens is 2. The molecule has 0 bridgehead atoms. The molecule has 1 aromatic rings. The average Bonchev–Trinajstić information content (AvgIpc) is 2.67. The normalized spacial score (nSPS) is 18.7. The molecule has 1 aliphatic heterocycles. The van der Waals surface area contributed by atoms with Gasteiger partial charge in [-0.15, -0.1) is 6.42 Å². The van der Waals surface area contributed by atoms with Gasteiger partial charge in [0.1, 0.15) is 12.5 Å². The molecule has 2 rings (SSSR count). The summed E-state index contributed by atoms with van der Waals surface area (Å²) < 4.78 is 15.4. The highest BCUT2D eigenvalue weighted by Crippen LogP contribution is 2.44. The number of terminal acetylenes is 1. The predicted octanol–water partition coefficient (Wildman–Crippen LogP) is 3.81. The lowest BCUT2D eigenvalue weighted by Crippen LogP contribution is -2.37. The monoisotopic (exact) mass is 437 g/mol. The first-order valence-corrected chi connectivity index (χ1v) is 9.55. The van der Waals surface area contributed by atoms with Crippen LogP contribution in [0.25, 0.3) is 0 Å². The van der Waals surface area contributed by atoms with Gasteiger partial charge in [0.15, 0.2) is 6.61 Å². The predicted molar refractivity (Wildman–Crippen MR) is 111 cm³/mol. The third-order valence-electron chi connectivity index (χ3n) is 4.44. The number of rotatable bonds is 7. The number of esters is 2. The number of benzene rings is 1. The van der Waals surface area contributed by atoms with Crippen LogP contribution in [0.4, 0.5) is 0 Å². The molecular formula is C21H21Cl2NO5. The summed E-state index contributed by atoms with van der Waals surface area (Å²) in [6.07, 6.45) is 5.20. The molecule has 0 spiro atoms. The Labute approximate surface area is 179 Å². The highest BCUT2D eigenvalue weighted by molar-refractivity contribution is 6.42. The summed E-state index contributed by atoms with van der Waals surface area (Å²) in [5, 5.41) is 0.531. The molecule has 6 nitrogen and oxygen atoms in total. The van der Waals surface area contributed by atoms with Crippen LogP contribution in [0.5, 0.6) is 0 Å². The molecule has 2 atom stereocenters. The molecule has 8 heteroatoms. The highest BCUT2D eigenvalue weighted by Gasteiger charge is 2.43. The zero-order valence-corrected chi connectivity index (χ0v) is 17.8. The topological polar surface area (TPSA) is 74.2 Å². The Morgan fingerprint density at radius 3 is 2.59 bits per heavy atom. The third kappa shape index (κ3) is 5.18. The van der Waals surface area contributed by atoms with Crippen LogP contribution in [-0.4, -0.2) is 44.6 Å². The van der Waals surface area contributed by atoms with Crippen LogP contribution in [0.3, 0.4) is 0 Å². The van der Waals surface area contributed by atoms with Crippen molar-refractivity contribution >= 4 is 40.9 Å². The van der Waals surface area contributed by atoms with E-state index in [0.717, 1.165) is 0 Å². The maximum atomic E-state index is 12.9. The van der Waals surface area contributed by atoms with E-state index in [1.54, 1.807) is 32.0 Å². The molecule has 154 valence electrons. The van der Waals surface area contributed by atoms with E-state index >= 15 is 0 Å². The van der Waals surface area contributed by atoms with Crippen LogP contribution in [0.2, 0.25) is 10.0 Å². The first-order valence-electron chi connectivity index (χ1n) is 8.79. The van der Waals surface area contributed by atoms with Gasteiger partial charge in [-0.3, -0.25) is 9.79 Å². The van der Waals surface area contributed by atoms with E-state index in [-0.39, 0.29) is 30.4 Å². The Hall–Kier alpha value is -2.33. The van der Waals surface area contributed by atoms with E-state index in [0.29, 0.717) is 22.0 Å². The number of aliphatic imine (C=N–C) groups is 1. The van der Waals surface area contributed by atoms with Gasteiger partial charge in [-0.1, -0.05) is 41.3 Å². The number of nitrogens with zero attached hydrogens (tertiary/aromatic N) is 1. The van der Waals surface area contributed by atoms with E-state index in [2.05, 4.69) is 10.9 Å². The fourth-order valence-electron chi connectivity index (χ4n) is 3.20. The van der Waals surface area contributed by atoms with Crippen LogP contribution in [-0.2, 0) is 23.8 Å². The van der Waals surface area contributed by atoms with Crippen molar-refractivity contribution < 1.29 is 23.8 Å². The maximum absolute atomic E-state index is 12.9. The van der Waals surface area contributed by atoms with Gasteiger partial charge in [0.05, 0.1) is 22.2 Å². The molecule has 0 amide bonds. The van der Waals surface area contributed by atoms with Crippen molar-refractivity contribution in [1.82, 2.24) is 0 Å². The summed E-state index contributed by atoms with van der Waals surface area (Å²) in [7, 11) is 1.50. The Balaban J connectivity index is 2.59. The van der Waals surface area contributed by atoms with E-state index in [1.165, 1.54) is 7.11 Å². The molecular weight excluding hydrogens is 417 g/mol. The van der Waals surface area contributed by atoms with E-state index in [1.807, 2.05) is 0 Å². The van der Waals surface area contributed by atoms with Crippen LogP contribution < -0.4 is 0 Å². The molecule has 0 aliphatic carbocycles. The highest BCUT2D eigenvalue weighted by atomic mass is 35.5. The molecule has 1 heterocycles. The number of carbonyl (C=O) groups is 2. The molecule has 0 saturated heterocycles. The van der Waals surface area contributed by atoms with Crippen LogP contribution in [0, 0.1) is 18.3 Å². The Bertz CT molecular complexity index is 901. The standard InChI is InChI=1S/C21H21Cl2NO5/c1-5-9-28-20(25)16-12(2)24-13(3)17(21(26)29-11-10-27-4)18(16)14-7-6-8-15(22)19(14)23/h1,6-8,17-18H,9-11H2,2-4H3. The van der Waals surface area contributed by atoms with Gasteiger partial charge in [-0.2, -0.15) is 0 Å². The molecule has 1 aromatic carbocycles. The number of allylic oxidation sites excluding steroid dienone is 1. The number of ether oxygens (including phenoxy) is 3. The first kappa shape index (κ1) is 23.0. The fraction of sp³-hybridized carbons (Fsp3) is 0.381. The summed E-state index contributed by atoms with van der Waals surface area (Å²) in [6.45, 7) is 3.45. The summed E-state index contributed by atoms with van der Waals surface area (Å²) in [5.41, 5.74) is 1.57. The van der Waals surface area contributed by atoms with Gasteiger partial charge in [0, 0.05) is 24.4 Å². The Morgan fingerprint density at radius 2 is 1.93 bits per heavy atom. The van der Waals surface area contributed by atoms with Crippen LogP contribution >= 0.6 is 23.2 Å². The quantitative estimate of drug-likeness (QED) is 0.368. The Morgan fingerprint density at radius 1 is 1.21 bits per heavy atom. The molecule has 1 aliphatic rings. The van der Waals surface area contributed by atoms with Crippen molar-refractivity contribution in [2.75, 3.05) is 26.9 Å². The van der Waals surface area contributed by atoms with Crippen molar-refractivity contribution in [3.63, 3.8) is 0 Å². The van der Waals surface area contributed by atoms with Gasteiger partial charge >= 0.3 is 11.9 Å². The largest absolute Gasteiger partial charge is 0.463 e. The zero-order valence-electron chi connectivity index (χ0n) is 16.3. The molecule has 0 aromatic heterocycles. The molecule has 2 unspecified atom stereocenters. The first-order chi connectivity index (χ1) is 13.8. The second-order valence-electron chi connectivity index (χ2n) is 6.29. The van der Waals surface area contributed by atoms with Gasteiger partial charge in [-0.25, -0.2) is 4.79 Å². The molecule has 0 saturated carbocycles. The minimum Gasteiger partial charge on any atom is -0.463 e. The molecule has 0 fully saturated rings. The smallest absolute Gasteiger partial charge is 0.337 e. The maximum Gasteiger partial charge on any atom is 0.337 e. The third-order valence-corrected chi connectivity index (χ3v) is 5.27. The summed E-state index contributed by atoms with van der Waals surface area (Å²) in [5.74, 6) is -0.661. The number of hydrogen-bond acceptors (Lipinski definition) is 6. The lowest BCUT2D eigenvalue weighted by molar-refractivity contribution is -0.148. The summed E-state index contributed by atoms with van der Waals surface area (Å²) in [4.78, 5) is 30.1. The van der Waals surface area contributed by atoms with E-state index < -0.39 is 23.8 Å².